The van der Waals surface area contributed by atoms with Crippen molar-refractivity contribution in [2.75, 3.05) is 7.05 Å². The molecule has 0 spiro atoms. The molecular weight excluding hydrogens is 174 g/mol. The highest BCUT2D eigenvalue weighted by molar-refractivity contribution is 6.17. The Hall–Kier alpha value is -1.02. The van der Waals surface area contributed by atoms with Gasteiger partial charge in [0, 0.05) is 18.5 Å². The number of hydrogen-bond donors (Lipinski definition) is 1. The van der Waals surface area contributed by atoms with Crippen molar-refractivity contribution in [1.29, 1.82) is 0 Å². The molecular formula is C9H10ClNO. The summed E-state index contributed by atoms with van der Waals surface area (Å²) in [6.45, 7) is 0. The molecule has 3 heteroatoms. The average Bonchev–Trinajstić information content (AvgIpc) is 2.17. The SMILES string of the molecule is CNC(=O)c1ccc(CCl)cc1. The summed E-state index contributed by atoms with van der Waals surface area (Å²) >= 11 is 5.59. The number of rotatable bonds is 2. The van der Waals surface area contributed by atoms with E-state index in [2.05, 4.69) is 5.32 Å². The Balaban J connectivity index is 2.84. The van der Waals surface area contributed by atoms with Crippen molar-refractivity contribution >= 4 is 17.5 Å². The van der Waals surface area contributed by atoms with Gasteiger partial charge in [-0.25, -0.2) is 0 Å². The van der Waals surface area contributed by atoms with Crippen molar-refractivity contribution in [3.8, 4) is 0 Å². The first-order chi connectivity index (χ1) is 5.77. The number of alkyl halides is 1. The highest BCUT2D eigenvalue weighted by atomic mass is 35.5. The first kappa shape index (κ1) is 9.07. The molecule has 0 aliphatic carbocycles. The van der Waals surface area contributed by atoms with Crippen molar-refractivity contribution in [3.05, 3.63) is 35.4 Å². The van der Waals surface area contributed by atoms with Gasteiger partial charge in [0.05, 0.1) is 0 Å². The van der Waals surface area contributed by atoms with Crippen molar-refractivity contribution < 1.29 is 4.79 Å². The molecule has 0 radical (unpaired) electrons. The maximum absolute atomic E-state index is 11.1. The quantitative estimate of drug-likeness (QED) is 0.696. The third-order valence-electron chi connectivity index (χ3n) is 1.60. The van der Waals surface area contributed by atoms with Crippen LogP contribution in [0.2, 0.25) is 0 Å². The van der Waals surface area contributed by atoms with E-state index in [-0.39, 0.29) is 5.91 Å². The van der Waals surface area contributed by atoms with Gasteiger partial charge in [0.15, 0.2) is 0 Å². The summed E-state index contributed by atoms with van der Waals surface area (Å²) in [5.41, 5.74) is 1.68. The molecule has 1 amide bonds. The molecule has 12 heavy (non-hydrogen) atoms. The molecule has 0 unspecified atom stereocenters. The fourth-order valence-electron chi connectivity index (χ4n) is 0.890. The zero-order valence-corrected chi connectivity index (χ0v) is 7.56. The highest BCUT2D eigenvalue weighted by Crippen LogP contribution is 2.06. The van der Waals surface area contributed by atoms with Gasteiger partial charge < -0.3 is 5.32 Å². The fraction of sp³-hybridized carbons (Fsp3) is 0.222. The third kappa shape index (κ3) is 1.98. The minimum absolute atomic E-state index is 0.0730. The van der Waals surface area contributed by atoms with E-state index in [4.69, 9.17) is 11.6 Å². The predicted octanol–water partition coefficient (Wildman–Crippen LogP) is 1.79. The van der Waals surface area contributed by atoms with Crippen LogP contribution in [0.1, 0.15) is 15.9 Å². The molecule has 0 saturated heterocycles. The van der Waals surface area contributed by atoms with E-state index in [0.717, 1.165) is 5.56 Å². The van der Waals surface area contributed by atoms with E-state index >= 15 is 0 Å². The minimum atomic E-state index is -0.0730. The van der Waals surface area contributed by atoms with Crippen LogP contribution in [0.4, 0.5) is 0 Å². The Morgan fingerprint density at radius 2 is 2.00 bits per heavy atom. The second-order valence-corrected chi connectivity index (χ2v) is 2.68. The summed E-state index contributed by atoms with van der Waals surface area (Å²) in [5, 5.41) is 2.55. The largest absolute Gasteiger partial charge is 0.355 e. The summed E-state index contributed by atoms with van der Waals surface area (Å²) in [4.78, 5) is 11.1. The van der Waals surface area contributed by atoms with Crippen molar-refractivity contribution in [2.45, 2.75) is 5.88 Å². The van der Waals surface area contributed by atoms with Crippen LogP contribution in [0.25, 0.3) is 0 Å². The van der Waals surface area contributed by atoms with Gasteiger partial charge in [-0.2, -0.15) is 0 Å². The first-order valence-corrected chi connectivity index (χ1v) is 4.18. The number of amides is 1. The number of nitrogens with one attached hydrogen (secondary N) is 1. The zero-order chi connectivity index (χ0) is 8.97. The molecule has 0 bridgehead atoms. The minimum Gasteiger partial charge on any atom is -0.355 e. The molecule has 0 aromatic heterocycles. The third-order valence-corrected chi connectivity index (χ3v) is 1.91. The second-order valence-electron chi connectivity index (χ2n) is 2.41. The van der Waals surface area contributed by atoms with Crippen LogP contribution in [0.3, 0.4) is 0 Å². The summed E-state index contributed by atoms with van der Waals surface area (Å²) in [6, 6.07) is 7.21. The average molecular weight is 184 g/mol. The van der Waals surface area contributed by atoms with Gasteiger partial charge in [-0.3, -0.25) is 4.79 Å². The van der Waals surface area contributed by atoms with E-state index in [1.165, 1.54) is 0 Å². The van der Waals surface area contributed by atoms with E-state index in [1.54, 1.807) is 19.2 Å². The van der Waals surface area contributed by atoms with E-state index in [1.807, 2.05) is 12.1 Å². The highest BCUT2D eigenvalue weighted by Gasteiger charge is 2.00. The normalized spacial score (nSPS) is 9.50. The Labute approximate surface area is 76.5 Å². The number of benzene rings is 1. The van der Waals surface area contributed by atoms with Crippen LogP contribution in [0.15, 0.2) is 24.3 Å². The lowest BCUT2D eigenvalue weighted by atomic mass is 10.1. The molecule has 1 N–H and O–H groups in total. The Morgan fingerprint density at radius 1 is 1.42 bits per heavy atom. The molecule has 2 nitrogen and oxygen atoms in total. The number of hydrogen-bond acceptors (Lipinski definition) is 1. The Bertz CT molecular complexity index is 268. The summed E-state index contributed by atoms with van der Waals surface area (Å²) in [5.74, 6) is 0.407. The second kappa shape index (κ2) is 4.12. The van der Waals surface area contributed by atoms with Crippen LogP contribution in [-0.4, -0.2) is 13.0 Å². The van der Waals surface area contributed by atoms with E-state index < -0.39 is 0 Å². The van der Waals surface area contributed by atoms with Gasteiger partial charge in [-0.1, -0.05) is 12.1 Å². The van der Waals surface area contributed by atoms with Crippen molar-refractivity contribution in [2.24, 2.45) is 0 Å². The molecule has 0 aliphatic rings. The molecule has 0 heterocycles. The van der Waals surface area contributed by atoms with Crippen LogP contribution in [0, 0.1) is 0 Å². The number of carbonyl (C=O) groups excluding carboxylic acids is 1. The monoisotopic (exact) mass is 183 g/mol. The van der Waals surface area contributed by atoms with Gasteiger partial charge in [0.2, 0.25) is 0 Å². The lowest BCUT2D eigenvalue weighted by Crippen LogP contribution is -2.17. The van der Waals surface area contributed by atoms with Gasteiger partial charge >= 0.3 is 0 Å². The number of carbonyl (C=O) groups is 1. The van der Waals surface area contributed by atoms with Crippen molar-refractivity contribution in [3.63, 3.8) is 0 Å². The Morgan fingerprint density at radius 3 is 2.42 bits per heavy atom. The standard InChI is InChI=1S/C9H10ClNO/c1-11-9(12)8-4-2-7(6-10)3-5-8/h2-5H,6H2,1H3,(H,11,12). The molecule has 1 rings (SSSR count). The van der Waals surface area contributed by atoms with Crippen LogP contribution < -0.4 is 5.32 Å². The van der Waals surface area contributed by atoms with Gasteiger partial charge in [-0.15, -0.1) is 11.6 Å². The van der Waals surface area contributed by atoms with Crippen molar-refractivity contribution in [1.82, 2.24) is 5.32 Å². The van der Waals surface area contributed by atoms with Gasteiger partial charge in [0.1, 0.15) is 0 Å². The molecule has 1 aromatic rings. The smallest absolute Gasteiger partial charge is 0.251 e. The summed E-state index contributed by atoms with van der Waals surface area (Å²) in [7, 11) is 1.61. The molecule has 64 valence electrons. The van der Waals surface area contributed by atoms with Crippen LogP contribution >= 0.6 is 11.6 Å². The molecule has 0 atom stereocenters. The van der Waals surface area contributed by atoms with E-state index in [0.29, 0.717) is 11.4 Å². The predicted molar refractivity (Wildman–Crippen MR) is 49.4 cm³/mol. The molecule has 0 aliphatic heterocycles. The topological polar surface area (TPSA) is 29.1 Å². The lowest BCUT2D eigenvalue weighted by Gasteiger charge is -1.99. The molecule has 0 saturated carbocycles. The van der Waals surface area contributed by atoms with Gasteiger partial charge in [-0.05, 0) is 17.7 Å². The first-order valence-electron chi connectivity index (χ1n) is 3.65. The van der Waals surface area contributed by atoms with Crippen LogP contribution in [-0.2, 0) is 5.88 Å². The molecule has 0 fully saturated rings. The maximum Gasteiger partial charge on any atom is 0.251 e. The van der Waals surface area contributed by atoms with E-state index in [9.17, 15) is 4.79 Å². The number of halogens is 1. The summed E-state index contributed by atoms with van der Waals surface area (Å²) < 4.78 is 0. The zero-order valence-electron chi connectivity index (χ0n) is 6.80. The fourth-order valence-corrected chi connectivity index (χ4v) is 1.07. The summed E-state index contributed by atoms with van der Waals surface area (Å²) in [6.07, 6.45) is 0. The Kier molecular flexibility index (Phi) is 3.11. The maximum atomic E-state index is 11.1. The van der Waals surface area contributed by atoms with Gasteiger partial charge in [0.25, 0.3) is 5.91 Å². The lowest BCUT2D eigenvalue weighted by molar-refractivity contribution is 0.0963. The molecule has 1 aromatic carbocycles. The van der Waals surface area contributed by atoms with Crippen LogP contribution in [0.5, 0.6) is 0 Å².